The van der Waals surface area contributed by atoms with Crippen LogP contribution in [0.25, 0.3) is 93.5 Å². The summed E-state index contributed by atoms with van der Waals surface area (Å²) in [5, 5.41) is 7.97. The second-order valence-electron chi connectivity index (χ2n) is 14.0. The highest BCUT2D eigenvalue weighted by Gasteiger charge is 2.39. The van der Waals surface area contributed by atoms with Crippen LogP contribution in [0.1, 0.15) is 25.0 Å². The van der Waals surface area contributed by atoms with Crippen molar-refractivity contribution in [1.82, 2.24) is 4.57 Å². The minimum Gasteiger partial charge on any atom is -0.309 e. The summed E-state index contributed by atoms with van der Waals surface area (Å²) >= 11 is 0. The topological polar surface area (TPSA) is 4.93 Å². The maximum Gasteiger partial charge on any atom is 0.0625 e. The molecule has 0 spiro atoms. The predicted octanol–water partition coefficient (Wildman–Crippen LogP) is 12.7. The van der Waals surface area contributed by atoms with Crippen molar-refractivity contribution in [1.29, 1.82) is 0 Å². The molecule has 0 fully saturated rings. The van der Waals surface area contributed by atoms with E-state index in [1.54, 1.807) is 0 Å². The number of aromatic nitrogens is 1. The minimum atomic E-state index is -0.0989. The fraction of sp³-hybridized carbons (Fsp3) is 0.0638. The number of para-hydroxylation sites is 1. The van der Waals surface area contributed by atoms with Crippen LogP contribution in [-0.4, -0.2) is 4.57 Å². The Morgan fingerprint density at radius 2 is 1.04 bits per heavy atom. The van der Waals surface area contributed by atoms with Gasteiger partial charge in [-0.05, 0) is 90.0 Å². The number of rotatable bonds is 2. The molecule has 0 saturated carbocycles. The predicted molar refractivity (Wildman–Crippen MR) is 203 cm³/mol. The van der Waals surface area contributed by atoms with Gasteiger partial charge in [0, 0.05) is 27.3 Å². The van der Waals surface area contributed by atoms with E-state index < -0.39 is 0 Å². The van der Waals surface area contributed by atoms with Gasteiger partial charge in [0.05, 0.1) is 11.0 Å². The van der Waals surface area contributed by atoms with Crippen molar-refractivity contribution in [3.8, 4) is 50.2 Å². The van der Waals surface area contributed by atoms with Crippen molar-refractivity contribution in [3.05, 3.63) is 163 Å². The maximum absolute atomic E-state index is 2.53. The highest BCUT2D eigenvalue weighted by molar-refractivity contribution is 6.27. The Kier molecular flexibility index (Phi) is 4.97. The first-order chi connectivity index (χ1) is 23.6. The number of fused-ring (bicyclic) bond motifs is 13. The molecular weight excluding hydrogens is 579 g/mol. The first-order valence-electron chi connectivity index (χ1n) is 17.0. The Balaban J connectivity index is 1.23. The molecule has 0 amide bonds. The molecule has 0 saturated heterocycles. The summed E-state index contributed by atoms with van der Waals surface area (Å²) in [6.07, 6.45) is 0. The molecule has 11 rings (SSSR count). The third kappa shape index (κ3) is 3.16. The van der Waals surface area contributed by atoms with Gasteiger partial charge < -0.3 is 4.57 Å². The van der Waals surface area contributed by atoms with Gasteiger partial charge >= 0.3 is 0 Å². The summed E-state index contributed by atoms with van der Waals surface area (Å²) < 4.78 is 2.53. The van der Waals surface area contributed by atoms with Gasteiger partial charge in [-0.15, -0.1) is 0 Å². The monoisotopic (exact) mass is 609 g/mol. The molecule has 1 heteroatoms. The van der Waals surface area contributed by atoms with Crippen molar-refractivity contribution in [2.24, 2.45) is 0 Å². The van der Waals surface area contributed by atoms with Crippen LogP contribution in [0, 0.1) is 0 Å². The third-order valence-electron chi connectivity index (χ3n) is 11.3. The Morgan fingerprint density at radius 1 is 0.438 bits per heavy atom. The van der Waals surface area contributed by atoms with E-state index in [4.69, 9.17) is 0 Å². The molecular formula is C47H31N. The third-order valence-corrected chi connectivity index (χ3v) is 11.3. The second-order valence-corrected chi connectivity index (χ2v) is 14.0. The van der Waals surface area contributed by atoms with Gasteiger partial charge in [0.15, 0.2) is 0 Å². The van der Waals surface area contributed by atoms with Gasteiger partial charge in [0.1, 0.15) is 0 Å². The van der Waals surface area contributed by atoms with Crippen LogP contribution in [0.15, 0.2) is 152 Å². The Labute approximate surface area is 279 Å². The van der Waals surface area contributed by atoms with Crippen LogP contribution in [0.2, 0.25) is 0 Å². The molecule has 0 aliphatic heterocycles. The van der Waals surface area contributed by atoms with E-state index in [0.717, 1.165) is 0 Å². The van der Waals surface area contributed by atoms with Crippen molar-refractivity contribution in [2.45, 2.75) is 19.3 Å². The molecule has 1 heterocycles. The van der Waals surface area contributed by atoms with Crippen molar-refractivity contribution in [2.75, 3.05) is 0 Å². The van der Waals surface area contributed by atoms with E-state index in [-0.39, 0.29) is 5.41 Å². The van der Waals surface area contributed by atoms with Crippen LogP contribution in [-0.2, 0) is 5.41 Å². The maximum atomic E-state index is 2.53. The molecule has 8 aromatic carbocycles. The Hall–Kier alpha value is -5.92. The normalized spacial score (nSPS) is 13.8. The van der Waals surface area contributed by atoms with Gasteiger partial charge in [-0.2, -0.15) is 0 Å². The highest BCUT2D eigenvalue weighted by Crippen LogP contribution is 2.56. The smallest absolute Gasteiger partial charge is 0.0625 e. The first kappa shape index (κ1) is 26.2. The zero-order valence-electron chi connectivity index (χ0n) is 26.9. The molecule has 48 heavy (non-hydrogen) atoms. The molecule has 0 bridgehead atoms. The zero-order valence-corrected chi connectivity index (χ0v) is 26.9. The number of benzene rings is 8. The summed E-state index contributed by atoms with van der Waals surface area (Å²) in [6, 6.07) is 56.6. The number of hydrogen-bond acceptors (Lipinski definition) is 0. The number of hydrogen-bond donors (Lipinski definition) is 0. The quantitative estimate of drug-likeness (QED) is 0.184. The van der Waals surface area contributed by atoms with Crippen molar-refractivity contribution in [3.63, 3.8) is 0 Å². The van der Waals surface area contributed by atoms with E-state index in [1.165, 1.54) is 105 Å². The molecule has 0 radical (unpaired) electrons. The Morgan fingerprint density at radius 3 is 1.88 bits per heavy atom. The summed E-state index contributed by atoms with van der Waals surface area (Å²) in [6.45, 7) is 4.80. The van der Waals surface area contributed by atoms with Crippen LogP contribution in [0.3, 0.4) is 0 Å². The molecule has 0 atom stereocenters. The lowest BCUT2D eigenvalue weighted by atomic mass is 9.79. The lowest BCUT2D eigenvalue weighted by molar-refractivity contribution is 0.666. The lowest BCUT2D eigenvalue weighted by Gasteiger charge is -2.24. The van der Waals surface area contributed by atoms with E-state index in [1.807, 2.05) is 0 Å². The summed E-state index contributed by atoms with van der Waals surface area (Å²) in [5.41, 5.74) is 17.0. The summed E-state index contributed by atoms with van der Waals surface area (Å²) in [4.78, 5) is 0. The van der Waals surface area contributed by atoms with Crippen LogP contribution < -0.4 is 0 Å². The first-order valence-corrected chi connectivity index (χ1v) is 17.0. The van der Waals surface area contributed by atoms with E-state index in [9.17, 15) is 0 Å². The SMILES string of the molecule is CC1(C)c2ccccc2-c2c1c1ccccc1c1c2c2ccccc2n1-c1cccc(-c2ccc3c4c(cccc24)-c2ccccc2-3)c1. The lowest BCUT2D eigenvalue weighted by Crippen LogP contribution is -2.15. The van der Waals surface area contributed by atoms with Crippen LogP contribution in [0.4, 0.5) is 0 Å². The van der Waals surface area contributed by atoms with Crippen LogP contribution in [0.5, 0.6) is 0 Å². The molecule has 2 aliphatic rings. The van der Waals surface area contributed by atoms with E-state index >= 15 is 0 Å². The summed E-state index contributed by atoms with van der Waals surface area (Å²) in [5.74, 6) is 0. The average molecular weight is 610 g/mol. The summed E-state index contributed by atoms with van der Waals surface area (Å²) in [7, 11) is 0. The molecule has 9 aromatic rings. The molecule has 1 aromatic heterocycles. The largest absolute Gasteiger partial charge is 0.309 e. The van der Waals surface area contributed by atoms with E-state index in [0.29, 0.717) is 0 Å². The van der Waals surface area contributed by atoms with Gasteiger partial charge in [-0.3, -0.25) is 0 Å². The van der Waals surface area contributed by atoms with Crippen LogP contribution >= 0.6 is 0 Å². The fourth-order valence-corrected chi connectivity index (χ4v) is 9.36. The fourth-order valence-electron chi connectivity index (χ4n) is 9.36. The number of nitrogens with zero attached hydrogens (tertiary/aromatic N) is 1. The molecule has 0 N–H and O–H groups in total. The van der Waals surface area contributed by atoms with E-state index in [2.05, 4.69) is 170 Å². The second kappa shape index (κ2) is 9.12. The van der Waals surface area contributed by atoms with Gasteiger partial charge in [0.2, 0.25) is 0 Å². The standard InChI is InChI=1S/C47H31N/c1-47(2)40-23-9-7-19-38(40)43-44-39-20-8-10-24-41(39)48(46(44)37-18-6-5-17-36(37)45(43)47)29-14-11-13-28(27-29)30-25-26-35-32-16-4-3-15-31(32)34-22-12-21-33(30)42(34)35/h3-27H,1-2H3. The average Bonchev–Trinajstić information content (AvgIpc) is 3.74. The van der Waals surface area contributed by atoms with Gasteiger partial charge in [0.25, 0.3) is 0 Å². The molecule has 0 unspecified atom stereocenters. The van der Waals surface area contributed by atoms with Gasteiger partial charge in [-0.1, -0.05) is 147 Å². The van der Waals surface area contributed by atoms with Gasteiger partial charge in [-0.25, -0.2) is 0 Å². The zero-order chi connectivity index (χ0) is 31.7. The molecule has 224 valence electrons. The van der Waals surface area contributed by atoms with Crippen molar-refractivity contribution >= 4 is 43.4 Å². The minimum absolute atomic E-state index is 0.0989. The Bertz CT molecular complexity index is 2830. The molecule has 1 nitrogen and oxygen atoms in total. The molecule has 2 aliphatic carbocycles. The highest BCUT2D eigenvalue weighted by atomic mass is 15.0. The van der Waals surface area contributed by atoms with Crippen molar-refractivity contribution < 1.29 is 0 Å².